The van der Waals surface area contributed by atoms with Gasteiger partial charge in [0.15, 0.2) is 0 Å². The fourth-order valence-electron chi connectivity index (χ4n) is 4.07. The fraction of sp³-hybridized carbons (Fsp3) is 0.455. The smallest absolute Gasteiger partial charge is 0.269 e. The molecule has 1 saturated heterocycles. The molecule has 0 spiro atoms. The SMILES string of the molecule is CC(Cc1ccc([N+](=O)[O-])cc1)N1CCN(C(C)Cc2ccc([N+](=O)[O-])cc2)CC1. The number of non-ortho nitro benzene ring substituents is 2. The highest BCUT2D eigenvalue weighted by Crippen LogP contribution is 2.19. The van der Waals surface area contributed by atoms with Crippen molar-refractivity contribution in [3.63, 3.8) is 0 Å². The highest BCUT2D eigenvalue weighted by Gasteiger charge is 2.24. The molecular weight excluding hydrogens is 384 g/mol. The Bertz CT molecular complexity index is 788. The van der Waals surface area contributed by atoms with Crippen LogP contribution in [0.3, 0.4) is 0 Å². The minimum Gasteiger partial charge on any atom is -0.298 e. The molecule has 3 rings (SSSR count). The summed E-state index contributed by atoms with van der Waals surface area (Å²) in [4.78, 5) is 25.8. The first kappa shape index (κ1) is 21.9. The van der Waals surface area contributed by atoms with Crippen LogP contribution in [0, 0.1) is 20.2 Å². The molecule has 0 saturated carbocycles. The summed E-state index contributed by atoms with van der Waals surface area (Å²) in [7, 11) is 0. The van der Waals surface area contributed by atoms with Crippen LogP contribution >= 0.6 is 0 Å². The van der Waals surface area contributed by atoms with Gasteiger partial charge in [0.25, 0.3) is 11.4 Å². The van der Waals surface area contributed by atoms with Gasteiger partial charge >= 0.3 is 0 Å². The fourth-order valence-corrected chi connectivity index (χ4v) is 4.07. The number of piperazine rings is 1. The van der Waals surface area contributed by atoms with Crippen LogP contribution in [0.25, 0.3) is 0 Å². The van der Waals surface area contributed by atoms with Gasteiger partial charge in [-0.3, -0.25) is 30.0 Å². The predicted octanol–water partition coefficient (Wildman–Crippen LogP) is 3.68. The highest BCUT2D eigenvalue weighted by molar-refractivity contribution is 5.34. The Kier molecular flexibility index (Phi) is 7.12. The molecule has 2 aromatic carbocycles. The van der Waals surface area contributed by atoms with Crippen molar-refractivity contribution in [1.82, 2.24) is 9.80 Å². The van der Waals surface area contributed by atoms with Crippen LogP contribution in [0.4, 0.5) is 11.4 Å². The maximum absolute atomic E-state index is 10.8. The Morgan fingerprint density at radius 2 is 1.00 bits per heavy atom. The summed E-state index contributed by atoms with van der Waals surface area (Å²) in [6.45, 7) is 8.35. The van der Waals surface area contributed by atoms with Gasteiger partial charge in [0.05, 0.1) is 9.85 Å². The third-order valence-corrected chi connectivity index (χ3v) is 5.95. The van der Waals surface area contributed by atoms with Crippen LogP contribution in [-0.4, -0.2) is 57.9 Å². The predicted molar refractivity (Wildman–Crippen MR) is 116 cm³/mol. The lowest BCUT2D eigenvalue weighted by molar-refractivity contribution is -0.385. The zero-order valence-corrected chi connectivity index (χ0v) is 17.4. The second-order valence-electron chi connectivity index (χ2n) is 8.03. The van der Waals surface area contributed by atoms with E-state index in [2.05, 4.69) is 23.6 Å². The molecule has 0 radical (unpaired) electrons. The van der Waals surface area contributed by atoms with Gasteiger partial charge in [-0.05, 0) is 37.8 Å². The van der Waals surface area contributed by atoms with E-state index in [0.29, 0.717) is 12.1 Å². The van der Waals surface area contributed by atoms with Gasteiger partial charge in [-0.25, -0.2) is 0 Å². The van der Waals surface area contributed by atoms with Crippen molar-refractivity contribution in [3.8, 4) is 0 Å². The summed E-state index contributed by atoms with van der Waals surface area (Å²) in [5.74, 6) is 0. The zero-order chi connectivity index (χ0) is 21.7. The van der Waals surface area contributed by atoms with Gasteiger partial charge in [-0.2, -0.15) is 0 Å². The molecule has 2 aromatic rings. The molecule has 30 heavy (non-hydrogen) atoms. The maximum Gasteiger partial charge on any atom is 0.269 e. The normalized spacial score (nSPS) is 17.4. The molecule has 1 heterocycles. The first-order chi connectivity index (χ1) is 14.3. The number of benzene rings is 2. The molecule has 160 valence electrons. The maximum atomic E-state index is 10.8. The Hall–Kier alpha value is -2.84. The zero-order valence-electron chi connectivity index (χ0n) is 17.4. The third kappa shape index (κ3) is 5.61. The van der Waals surface area contributed by atoms with E-state index in [9.17, 15) is 20.2 Å². The van der Waals surface area contributed by atoms with Crippen molar-refractivity contribution in [2.75, 3.05) is 26.2 Å². The first-order valence-corrected chi connectivity index (χ1v) is 10.3. The van der Waals surface area contributed by atoms with Gasteiger partial charge in [-0.15, -0.1) is 0 Å². The number of nitro benzene ring substituents is 2. The minimum absolute atomic E-state index is 0.127. The second-order valence-corrected chi connectivity index (χ2v) is 8.03. The molecule has 8 heteroatoms. The topological polar surface area (TPSA) is 92.8 Å². The monoisotopic (exact) mass is 412 g/mol. The lowest BCUT2D eigenvalue weighted by atomic mass is 10.0. The molecule has 0 bridgehead atoms. The molecule has 1 fully saturated rings. The molecule has 0 aliphatic carbocycles. The molecule has 2 atom stereocenters. The quantitative estimate of drug-likeness (QED) is 0.485. The van der Waals surface area contributed by atoms with Gasteiger partial charge < -0.3 is 0 Å². The molecular formula is C22H28N4O4. The Morgan fingerprint density at radius 1 is 0.700 bits per heavy atom. The first-order valence-electron chi connectivity index (χ1n) is 10.3. The van der Waals surface area contributed by atoms with E-state index in [-0.39, 0.29) is 21.2 Å². The highest BCUT2D eigenvalue weighted by atomic mass is 16.6. The van der Waals surface area contributed by atoms with E-state index in [1.54, 1.807) is 24.3 Å². The van der Waals surface area contributed by atoms with E-state index in [1.807, 2.05) is 24.3 Å². The lowest BCUT2D eigenvalue weighted by Gasteiger charge is -2.40. The standard InChI is InChI=1S/C22H28N4O4/c1-17(15-19-3-7-21(8-4-19)25(27)28)23-11-13-24(14-12-23)18(2)16-20-5-9-22(10-6-20)26(29)30/h3-10,17-18H,11-16H2,1-2H3. The average molecular weight is 412 g/mol. The van der Waals surface area contributed by atoms with E-state index in [0.717, 1.165) is 50.1 Å². The molecule has 0 N–H and O–H groups in total. The molecule has 1 aliphatic rings. The van der Waals surface area contributed by atoms with Crippen LogP contribution < -0.4 is 0 Å². The van der Waals surface area contributed by atoms with Gasteiger partial charge in [0.1, 0.15) is 0 Å². The summed E-state index contributed by atoms with van der Waals surface area (Å²) in [6.07, 6.45) is 1.74. The molecule has 2 unspecified atom stereocenters. The Labute approximate surface area is 176 Å². The summed E-state index contributed by atoms with van der Waals surface area (Å²) in [6, 6.07) is 14.4. The van der Waals surface area contributed by atoms with Crippen molar-refractivity contribution in [1.29, 1.82) is 0 Å². The van der Waals surface area contributed by atoms with Crippen LogP contribution in [0.2, 0.25) is 0 Å². The number of nitrogens with zero attached hydrogens (tertiary/aromatic N) is 4. The summed E-state index contributed by atoms with van der Waals surface area (Å²) in [5, 5.41) is 21.6. The molecule has 1 aliphatic heterocycles. The Morgan fingerprint density at radius 3 is 1.27 bits per heavy atom. The van der Waals surface area contributed by atoms with Crippen molar-refractivity contribution in [3.05, 3.63) is 79.9 Å². The number of nitro groups is 2. The van der Waals surface area contributed by atoms with Crippen molar-refractivity contribution < 1.29 is 9.85 Å². The number of rotatable bonds is 8. The molecule has 0 amide bonds. The van der Waals surface area contributed by atoms with Gasteiger partial charge in [0.2, 0.25) is 0 Å². The van der Waals surface area contributed by atoms with E-state index in [4.69, 9.17) is 0 Å². The largest absolute Gasteiger partial charge is 0.298 e. The lowest BCUT2D eigenvalue weighted by Crippen LogP contribution is -2.52. The van der Waals surface area contributed by atoms with Crippen molar-refractivity contribution in [2.45, 2.75) is 38.8 Å². The second kappa shape index (κ2) is 9.77. The molecule has 8 nitrogen and oxygen atoms in total. The van der Waals surface area contributed by atoms with Crippen LogP contribution in [0.15, 0.2) is 48.5 Å². The summed E-state index contributed by atoms with van der Waals surface area (Å²) < 4.78 is 0. The van der Waals surface area contributed by atoms with Crippen molar-refractivity contribution >= 4 is 11.4 Å². The molecule has 0 aromatic heterocycles. The average Bonchev–Trinajstić information content (AvgIpc) is 2.74. The van der Waals surface area contributed by atoms with Crippen molar-refractivity contribution in [2.24, 2.45) is 0 Å². The van der Waals surface area contributed by atoms with Crippen LogP contribution in [0.5, 0.6) is 0 Å². The van der Waals surface area contributed by atoms with Gasteiger partial charge in [0, 0.05) is 62.5 Å². The third-order valence-electron chi connectivity index (χ3n) is 5.95. The minimum atomic E-state index is -0.371. The number of hydrogen-bond acceptors (Lipinski definition) is 6. The van der Waals surface area contributed by atoms with Gasteiger partial charge in [-0.1, -0.05) is 24.3 Å². The Balaban J connectivity index is 1.47. The summed E-state index contributed by atoms with van der Waals surface area (Å²) in [5.41, 5.74) is 2.48. The number of hydrogen-bond donors (Lipinski definition) is 0. The van der Waals surface area contributed by atoms with E-state index in [1.165, 1.54) is 0 Å². The van der Waals surface area contributed by atoms with Crippen LogP contribution in [0.1, 0.15) is 25.0 Å². The van der Waals surface area contributed by atoms with E-state index < -0.39 is 0 Å². The summed E-state index contributed by atoms with van der Waals surface area (Å²) >= 11 is 0. The van der Waals surface area contributed by atoms with Crippen LogP contribution in [-0.2, 0) is 12.8 Å². The van der Waals surface area contributed by atoms with E-state index >= 15 is 0 Å².